The van der Waals surface area contributed by atoms with Crippen LogP contribution in [-0.2, 0) is 39.8 Å². The van der Waals surface area contributed by atoms with E-state index in [0.717, 1.165) is 5.56 Å². The van der Waals surface area contributed by atoms with Crippen LogP contribution in [0.2, 0.25) is 0 Å². The van der Waals surface area contributed by atoms with Crippen LogP contribution in [0.4, 0.5) is 0 Å². The van der Waals surface area contributed by atoms with Gasteiger partial charge in [-0.3, -0.25) is 14.4 Å². The van der Waals surface area contributed by atoms with E-state index in [-0.39, 0.29) is 44.0 Å². The molecule has 0 saturated carbocycles. The van der Waals surface area contributed by atoms with E-state index in [0.29, 0.717) is 52.4 Å². The smallest absolute Gasteiger partial charge is 0.246 e. The second kappa shape index (κ2) is 19.1. The minimum Gasteiger partial charge on any atom is -0.378 e. The highest BCUT2D eigenvalue weighted by atomic mass is 16.5. The molecule has 0 radical (unpaired) electrons. The Morgan fingerprint density at radius 1 is 0.848 bits per heavy atom. The molecule has 186 valence electrons. The summed E-state index contributed by atoms with van der Waals surface area (Å²) in [6.45, 7) is 4.36. The lowest BCUT2D eigenvalue weighted by Gasteiger charge is -2.17. The van der Waals surface area contributed by atoms with Crippen LogP contribution in [0, 0.1) is 0 Å². The first-order valence-corrected chi connectivity index (χ1v) is 11.2. The van der Waals surface area contributed by atoms with E-state index in [4.69, 9.17) is 24.7 Å². The summed E-state index contributed by atoms with van der Waals surface area (Å²) in [5.41, 5.74) is 6.27. The highest BCUT2D eigenvalue weighted by Gasteiger charge is 2.19. The van der Waals surface area contributed by atoms with E-state index in [1.165, 1.54) is 0 Å². The summed E-state index contributed by atoms with van der Waals surface area (Å²) >= 11 is 0. The van der Waals surface area contributed by atoms with Gasteiger partial charge in [-0.05, 0) is 12.0 Å². The Balaban J connectivity index is 2.06. The fraction of sp³-hybridized carbons (Fsp3) is 0.609. The molecule has 0 aliphatic carbocycles. The Morgan fingerprint density at radius 3 is 2.09 bits per heavy atom. The van der Waals surface area contributed by atoms with Crippen molar-refractivity contribution in [3.8, 4) is 0 Å². The van der Waals surface area contributed by atoms with Crippen molar-refractivity contribution in [1.29, 1.82) is 0 Å². The molecule has 33 heavy (non-hydrogen) atoms. The van der Waals surface area contributed by atoms with Crippen molar-refractivity contribution in [2.24, 2.45) is 5.73 Å². The summed E-state index contributed by atoms with van der Waals surface area (Å²) in [6, 6.07) is 8.97. The zero-order chi connectivity index (χ0) is 24.2. The Hall–Kier alpha value is -2.37. The first-order chi connectivity index (χ1) is 16.1. The van der Waals surface area contributed by atoms with Crippen molar-refractivity contribution >= 4 is 17.6 Å². The largest absolute Gasteiger partial charge is 0.378 e. The Morgan fingerprint density at radius 2 is 1.45 bits per heavy atom. The summed E-state index contributed by atoms with van der Waals surface area (Å²) in [5.74, 6) is -0.613. The molecule has 1 rings (SSSR count). The predicted molar refractivity (Wildman–Crippen MR) is 123 cm³/mol. The lowest BCUT2D eigenvalue weighted by Crippen LogP contribution is -2.43. The van der Waals surface area contributed by atoms with Crippen molar-refractivity contribution in [3.05, 3.63) is 35.9 Å². The third-order valence-corrected chi connectivity index (χ3v) is 4.40. The number of carbonyl (C=O) groups excluding carboxylic acids is 3. The highest BCUT2D eigenvalue weighted by molar-refractivity contribution is 5.89. The second-order valence-electron chi connectivity index (χ2n) is 7.10. The molecule has 0 aliphatic rings. The molecule has 0 aromatic heterocycles. The number of hydrogen-bond donors (Lipinski definition) is 3. The summed E-state index contributed by atoms with van der Waals surface area (Å²) in [7, 11) is 0. The van der Waals surface area contributed by atoms with E-state index in [1.807, 2.05) is 30.3 Å². The van der Waals surface area contributed by atoms with Crippen molar-refractivity contribution in [1.82, 2.24) is 10.6 Å². The Kier molecular flexibility index (Phi) is 16.6. The van der Waals surface area contributed by atoms with Crippen LogP contribution < -0.4 is 16.4 Å². The van der Waals surface area contributed by atoms with Gasteiger partial charge in [0, 0.05) is 19.5 Å². The fourth-order valence-corrected chi connectivity index (χ4v) is 2.74. The molecule has 0 spiro atoms. The number of ketones is 1. The normalized spacial score (nSPS) is 11.7. The average Bonchev–Trinajstić information content (AvgIpc) is 2.82. The second-order valence-corrected chi connectivity index (χ2v) is 7.10. The molecule has 4 N–H and O–H groups in total. The van der Waals surface area contributed by atoms with Crippen molar-refractivity contribution in [3.63, 3.8) is 0 Å². The maximum Gasteiger partial charge on any atom is 0.246 e. The van der Waals surface area contributed by atoms with E-state index < -0.39 is 6.04 Å². The van der Waals surface area contributed by atoms with Crippen LogP contribution in [0.25, 0.3) is 0 Å². The van der Waals surface area contributed by atoms with Crippen LogP contribution in [0.15, 0.2) is 30.3 Å². The van der Waals surface area contributed by atoms with Gasteiger partial charge in [0.1, 0.15) is 13.2 Å². The first-order valence-electron chi connectivity index (χ1n) is 11.2. The van der Waals surface area contributed by atoms with Crippen LogP contribution in [0.1, 0.15) is 18.9 Å². The quantitative estimate of drug-likeness (QED) is 0.225. The topological polar surface area (TPSA) is 138 Å². The van der Waals surface area contributed by atoms with E-state index in [2.05, 4.69) is 10.6 Å². The molecule has 0 saturated heterocycles. The highest BCUT2D eigenvalue weighted by Crippen LogP contribution is 2.05. The van der Waals surface area contributed by atoms with Gasteiger partial charge < -0.3 is 35.3 Å². The number of amides is 2. The number of nitrogens with one attached hydrogen (secondary N) is 2. The van der Waals surface area contributed by atoms with Crippen molar-refractivity contribution in [2.75, 3.05) is 65.9 Å². The lowest BCUT2D eigenvalue weighted by atomic mass is 10.0. The monoisotopic (exact) mass is 467 g/mol. The molecule has 0 heterocycles. The van der Waals surface area contributed by atoms with E-state index >= 15 is 0 Å². The molecule has 0 aliphatic heterocycles. The van der Waals surface area contributed by atoms with Gasteiger partial charge in [-0.2, -0.15) is 0 Å². The van der Waals surface area contributed by atoms with Gasteiger partial charge in [0.25, 0.3) is 0 Å². The van der Waals surface area contributed by atoms with Gasteiger partial charge in [-0.25, -0.2) is 0 Å². The summed E-state index contributed by atoms with van der Waals surface area (Å²) in [4.78, 5) is 35.9. The average molecular weight is 468 g/mol. The molecule has 1 atom stereocenters. The minimum absolute atomic E-state index is 0.0251. The van der Waals surface area contributed by atoms with Gasteiger partial charge in [0.2, 0.25) is 11.8 Å². The first kappa shape index (κ1) is 28.7. The molecule has 10 heteroatoms. The third-order valence-electron chi connectivity index (χ3n) is 4.40. The number of rotatable bonds is 20. The van der Waals surface area contributed by atoms with Crippen molar-refractivity contribution < 1.29 is 33.3 Å². The number of carbonyl (C=O) groups is 3. The molecule has 0 unspecified atom stereocenters. The molecule has 1 aromatic rings. The summed E-state index contributed by atoms with van der Waals surface area (Å²) in [6.07, 6.45) is 0.791. The van der Waals surface area contributed by atoms with Gasteiger partial charge in [-0.1, -0.05) is 37.3 Å². The van der Waals surface area contributed by atoms with Gasteiger partial charge in [-0.15, -0.1) is 0 Å². The van der Waals surface area contributed by atoms with E-state index in [9.17, 15) is 14.4 Å². The molecule has 0 bridgehead atoms. The van der Waals surface area contributed by atoms with Gasteiger partial charge >= 0.3 is 0 Å². The van der Waals surface area contributed by atoms with Gasteiger partial charge in [0.05, 0.1) is 45.7 Å². The molecule has 0 fully saturated rings. The fourth-order valence-electron chi connectivity index (χ4n) is 2.74. The number of benzene rings is 1. The number of nitrogens with two attached hydrogens (primary N) is 1. The maximum atomic E-state index is 12.2. The zero-order valence-corrected chi connectivity index (χ0v) is 19.4. The minimum atomic E-state index is -0.573. The van der Waals surface area contributed by atoms with Crippen LogP contribution in [-0.4, -0.2) is 89.6 Å². The summed E-state index contributed by atoms with van der Waals surface area (Å²) in [5, 5.41) is 5.41. The van der Waals surface area contributed by atoms with Crippen molar-refractivity contribution in [2.45, 2.75) is 25.8 Å². The number of ether oxygens (including phenoxy) is 4. The summed E-state index contributed by atoms with van der Waals surface area (Å²) < 4.78 is 20.9. The molecular formula is C23H37N3O7. The predicted octanol–water partition coefficient (Wildman–Crippen LogP) is -0.166. The zero-order valence-electron chi connectivity index (χ0n) is 19.4. The standard InChI is InChI=1S/C23H37N3O7/c1-2-21(27)20(16-19-6-4-3-5-7-19)26-23(29)18-33-15-13-31-11-9-25-22(28)17-32-14-12-30-10-8-24/h3-7,20H,2,8-18,24H2,1H3,(H,25,28)(H,26,29)/t20-/m0/s1. The molecule has 10 nitrogen and oxygen atoms in total. The van der Waals surface area contributed by atoms with Gasteiger partial charge in [0.15, 0.2) is 5.78 Å². The third kappa shape index (κ3) is 15.2. The number of Topliss-reactive ketones (excluding diaryl/α,β-unsaturated/α-hetero) is 1. The van der Waals surface area contributed by atoms with E-state index in [1.54, 1.807) is 6.92 Å². The Bertz CT molecular complexity index is 673. The molecule has 2 amide bonds. The molecule has 1 aromatic carbocycles. The lowest BCUT2D eigenvalue weighted by molar-refractivity contribution is -0.131. The molecular weight excluding hydrogens is 430 g/mol. The maximum absolute atomic E-state index is 12.2. The Labute approximate surface area is 195 Å². The van der Waals surface area contributed by atoms with Crippen LogP contribution in [0.5, 0.6) is 0 Å². The van der Waals surface area contributed by atoms with Crippen LogP contribution >= 0.6 is 0 Å². The number of hydrogen-bond acceptors (Lipinski definition) is 8. The van der Waals surface area contributed by atoms with Crippen LogP contribution in [0.3, 0.4) is 0 Å². The SMILES string of the molecule is CCC(=O)[C@H](Cc1ccccc1)NC(=O)COCCOCCNC(=O)COCCOCCN.